The average molecular weight is 1050 g/mol. The Morgan fingerprint density at radius 3 is 1.31 bits per heavy atom. The summed E-state index contributed by atoms with van der Waals surface area (Å²) in [5, 5.41) is 17.1. The summed E-state index contributed by atoms with van der Waals surface area (Å²) in [4.78, 5) is 68.9. The number of amides is 4. The van der Waals surface area contributed by atoms with Crippen LogP contribution in [0.2, 0.25) is 0 Å². The van der Waals surface area contributed by atoms with E-state index in [0.29, 0.717) is 54.1 Å². The molecule has 72 heavy (non-hydrogen) atoms. The Bertz CT molecular complexity index is 2740. The largest absolute Gasteiger partial charge is 0.488 e. The van der Waals surface area contributed by atoms with E-state index in [-0.39, 0.29) is 36.3 Å². The minimum atomic E-state index is -1.38. The Labute approximate surface area is 426 Å². The van der Waals surface area contributed by atoms with Crippen LogP contribution in [0.3, 0.4) is 0 Å². The second-order valence-electron chi connectivity index (χ2n) is 16.8. The van der Waals surface area contributed by atoms with Gasteiger partial charge in [0.25, 0.3) is 0 Å². The smallest absolute Gasteiger partial charge is 0.465 e. The molecule has 0 radical (unpaired) electrons. The van der Waals surface area contributed by atoms with Gasteiger partial charge in [0.1, 0.15) is 11.6 Å². The third-order valence-corrected chi connectivity index (χ3v) is 12.5. The molecule has 4 heterocycles. The van der Waals surface area contributed by atoms with Crippen LogP contribution in [0.25, 0.3) is 11.1 Å². The van der Waals surface area contributed by atoms with Gasteiger partial charge in [-0.1, -0.05) is 40.2 Å². The summed E-state index contributed by atoms with van der Waals surface area (Å²) in [5.74, 6) is -2.33. The van der Waals surface area contributed by atoms with Gasteiger partial charge in [0.05, 0.1) is 38.4 Å². The Morgan fingerprint density at radius 2 is 0.944 bits per heavy atom. The van der Waals surface area contributed by atoms with Crippen molar-refractivity contribution in [3.8, 4) is 11.1 Å². The number of urea groups is 2. The van der Waals surface area contributed by atoms with Gasteiger partial charge in [-0.25, -0.2) is 28.0 Å². The van der Waals surface area contributed by atoms with Crippen LogP contribution in [-0.4, -0.2) is 151 Å². The third-order valence-electron chi connectivity index (χ3n) is 11.9. The zero-order valence-electron chi connectivity index (χ0n) is 40.4. The van der Waals surface area contributed by atoms with Gasteiger partial charge in [0, 0.05) is 104 Å². The third kappa shape index (κ3) is 15.0. The van der Waals surface area contributed by atoms with Gasteiger partial charge in [-0.3, -0.25) is 19.8 Å². The van der Waals surface area contributed by atoms with Crippen LogP contribution in [0.4, 0.5) is 29.7 Å². The number of rotatable bonds is 10. The van der Waals surface area contributed by atoms with Gasteiger partial charge < -0.3 is 39.1 Å². The number of pyridine rings is 2. The fourth-order valence-electron chi connectivity index (χ4n) is 7.59. The molecule has 2 N–H and O–H groups in total. The van der Waals surface area contributed by atoms with E-state index in [1.54, 1.807) is 44.1 Å². The lowest BCUT2D eigenvalue weighted by atomic mass is 9.81. The summed E-state index contributed by atoms with van der Waals surface area (Å²) in [7, 11) is 5.16. The average Bonchev–Trinajstić information content (AvgIpc) is 3.41. The van der Waals surface area contributed by atoms with Crippen molar-refractivity contribution in [1.82, 2.24) is 29.6 Å². The quantitative estimate of drug-likeness (QED) is 0.112. The van der Waals surface area contributed by atoms with Crippen molar-refractivity contribution in [2.75, 3.05) is 90.5 Å². The maximum atomic E-state index is 14.9. The fourth-order valence-corrected chi connectivity index (χ4v) is 7.86. The molecule has 4 amide bonds. The maximum absolute atomic E-state index is 14.9. The first-order valence-electron chi connectivity index (χ1n) is 22.9. The lowest BCUT2D eigenvalue weighted by Crippen LogP contribution is -2.52. The van der Waals surface area contributed by atoms with E-state index >= 15 is 0 Å². The SMILES string of the molecule is COC(=O)c1ccc(CN(C(=O)N2CCN(C)CC2)c2ccc(-c3ccncc3)cc2)c(F)c1.COC(=O)c1ccc(CN(C(=O)N2CCN(C)CC2)c2ccc(Br)cc2)c(F)c1.OB(O)c1ccncc1. The van der Waals surface area contributed by atoms with E-state index in [1.807, 2.05) is 74.8 Å². The molecule has 2 saturated heterocycles. The van der Waals surface area contributed by atoms with Crippen LogP contribution in [0.1, 0.15) is 31.8 Å². The van der Waals surface area contributed by atoms with Crippen LogP contribution in [0.5, 0.6) is 0 Å². The van der Waals surface area contributed by atoms with Crippen LogP contribution < -0.4 is 15.3 Å². The lowest BCUT2D eigenvalue weighted by Gasteiger charge is -2.36. The Morgan fingerprint density at radius 1 is 0.569 bits per heavy atom. The lowest BCUT2D eigenvalue weighted by molar-refractivity contribution is 0.0591. The molecule has 8 rings (SSSR count). The molecule has 4 aromatic carbocycles. The summed E-state index contributed by atoms with van der Waals surface area (Å²) in [5.41, 5.74) is 4.71. The Hall–Kier alpha value is -7.10. The molecular formula is C52H56BBrF2N8O8. The zero-order chi connectivity index (χ0) is 51.7. The van der Waals surface area contributed by atoms with E-state index in [4.69, 9.17) is 10.0 Å². The van der Waals surface area contributed by atoms with Gasteiger partial charge >= 0.3 is 31.1 Å². The van der Waals surface area contributed by atoms with Gasteiger partial charge in [-0.05, 0) is 116 Å². The number of ether oxygens (including phenoxy) is 2. The highest BCUT2D eigenvalue weighted by atomic mass is 79.9. The Balaban J connectivity index is 0.000000202. The normalized spacial score (nSPS) is 13.6. The molecule has 0 saturated carbocycles. The molecule has 2 aromatic heterocycles. The number of halogens is 3. The number of carbonyl (C=O) groups excluding carboxylic acids is 4. The minimum Gasteiger partial charge on any atom is -0.465 e. The molecule has 6 aromatic rings. The zero-order valence-corrected chi connectivity index (χ0v) is 42.0. The second-order valence-corrected chi connectivity index (χ2v) is 17.7. The van der Waals surface area contributed by atoms with Gasteiger partial charge in [-0.2, -0.15) is 0 Å². The minimum absolute atomic E-state index is 0.0348. The molecule has 2 aliphatic heterocycles. The van der Waals surface area contributed by atoms with Crippen molar-refractivity contribution < 1.29 is 47.5 Å². The van der Waals surface area contributed by atoms with Gasteiger partial charge in [0.15, 0.2) is 0 Å². The van der Waals surface area contributed by atoms with E-state index in [9.17, 15) is 28.0 Å². The topological polar surface area (TPSA) is 172 Å². The van der Waals surface area contributed by atoms with E-state index < -0.39 is 30.7 Å². The fraction of sp³-hybridized carbons (Fsp3) is 0.269. The maximum Gasteiger partial charge on any atom is 0.488 e. The molecular weight excluding hydrogens is 993 g/mol. The predicted molar refractivity (Wildman–Crippen MR) is 275 cm³/mol. The molecule has 0 aliphatic carbocycles. The number of esters is 2. The summed E-state index contributed by atoms with van der Waals surface area (Å²) >= 11 is 3.40. The van der Waals surface area contributed by atoms with Crippen molar-refractivity contribution in [3.63, 3.8) is 0 Å². The number of benzene rings is 4. The first-order valence-corrected chi connectivity index (χ1v) is 23.7. The number of piperazine rings is 2. The van der Waals surface area contributed by atoms with Crippen molar-refractivity contribution >= 4 is 63.9 Å². The molecule has 0 bridgehead atoms. The number of likely N-dealkylation sites (N-methyl/N-ethyl adjacent to an activating group) is 2. The van der Waals surface area contributed by atoms with Gasteiger partial charge in [0.2, 0.25) is 0 Å². The summed E-state index contributed by atoms with van der Waals surface area (Å²) in [6.45, 7) is 5.68. The highest BCUT2D eigenvalue weighted by molar-refractivity contribution is 9.10. The molecule has 2 aliphatic rings. The molecule has 2 fully saturated rings. The summed E-state index contributed by atoms with van der Waals surface area (Å²) in [6.07, 6.45) is 6.48. The molecule has 20 heteroatoms. The number of aromatic nitrogens is 2. The summed E-state index contributed by atoms with van der Waals surface area (Å²) < 4.78 is 39.8. The van der Waals surface area contributed by atoms with E-state index in [2.05, 4.69) is 45.2 Å². The van der Waals surface area contributed by atoms with Crippen LogP contribution in [0, 0.1) is 11.6 Å². The van der Waals surface area contributed by atoms with Crippen molar-refractivity contribution in [2.24, 2.45) is 0 Å². The van der Waals surface area contributed by atoms with Crippen molar-refractivity contribution in [1.29, 1.82) is 0 Å². The molecule has 16 nitrogen and oxygen atoms in total. The number of nitrogens with zero attached hydrogens (tertiary/aromatic N) is 8. The highest BCUT2D eigenvalue weighted by Crippen LogP contribution is 2.27. The first-order chi connectivity index (χ1) is 34.6. The van der Waals surface area contributed by atoms with Gasteiger partial charge in [-0.15, -0.1) is 0 Å². The van der Waals surface area contributed by atoms with Crippen LogP contribution in [-0.2, 0) is 22.6 Å². The van der Waals surface area contributed by atoms with Crippen LogP contribution in [0.15, 0.2) is 138 Å². The number of methoxy groups -OCH3 is 2. The van der Waals surface area contributed by atoms with Crippen LogP contribution >= 0.6 is 15.9 Å². The monoisotopic (exact) mass is 1050 g/mol. The van der Waals surface area contributed by atoms with E-state index in [0.717, 1.165) is 53.9 Å². The standard InChI is InChI=1S/C26H27FN4O3.C21H23BrFN3O3.C5H6BNO2/c1-29-13-15-30(16-14-29)26(33)31(18-22-4-3-21(17-24(22)27)25(32)34-2)23-7-5-19(6-8-23)20-9-11-28-12-10-20;1-24-9-11-25(12-10-24)21(28)26(18-7-5-17(22)6-8-18)14-16-4-3-15(13-19(16)23)20(27)29-2;8-6(9)5-1-3-7-4-2-5/h3-12,17H,13-16,18H2,1-2H3;3-8,13H,9-12,14H2,1-2H3;1-4,8-9H. The molecule has 0 unspecified atom stereocenters. The summed E-state index contributed by atoms with van der Waals surface area (Å²) in [6, 6.07) is 29.8. The number of hydrogen-bond donors (Lipinski definition) is 2. The molecule has 0 atom stereocenters. The highest BCUT2D eigenvalue weighted by Gasteiger charge is 2.28. The number of carbonyl (C=O) groups is 4. The predicted octanol–water partition coefficient (Wildman–Crippen LogP) is 6.56. The number of anilines is 2. The molecule has 376 valence electrons. The van der Waals surface area contributed by atoms with Crippen molar-refractivity contribution in [2.45, 2.75) is 13.1 Å². The first kappa shape index (κ1) is 54.2. The second kappa shape index (κ2) is 26.4. The number of hydrogen-bond acceptors (Lipinski definition) is 12. The molecule has 0 spiro atoms. The van der Waals surface area contributed by atoms with Crippen molar-refractivity contribution in [3.05, 3.63) is 172 Å². The van der Waals surface area contributed by atoms with E-state index in [1.165, 1.54) is 50.9 Å². The Kier molecular flexibility index (Phi) is 19.9.